The van der Waals surface area contributed by atoms with Crippen molar-refractivity contribution in [2.75, 3.05) is 7.05 Å². The Hall–Kier alpha value is -0.210. The van der Waals surface area contributed by atoms with Crippen LogP contribution in [0.3, 0.4) is 0 Å². The fourth-order valence-corrected chi connectivity index (χ4v) is 10.4. The first-order valence-electron chi connectivity index (χ1n) is 14.3. The number of rotatable bonds is 8. The van der Waals surface area contributed by atoms with Crippen LogP contribution in [-0.4, -0.2) is 43.4 Å². The van der Waals surface area contributed by atoms with Crippen LogP contribution >= 0.6 is 0 Å². The smallest absolute Gasteiger partial charge is 0.393 e. The second kappa shape index (κ2) is 10.2. The van der Waals surface area contributed by atoms with Crippen molar-refractivity contribution in [3.63, 3.8) is 0 Å². The number of hydrogen-bond donors (Lipinski definition) is 3. The number of nitrogens with one attached hydrogen (secondary N) is 1. The highest BCUT2D eigenvalue weighted by molar-refractivity contribution is 7.80. The van der Waals surface area contributed by atoms with Crippen molar-refractivity contribution >= 4 is 10.4 Å². The Balaban J connectivity index is 1.46. The zero-order chi connectivity index (χ0) is 25.8. The zero-order valence-corrected chi connectivity index (χ0v) is 23.7. The molecule has 4 aliphatic carbocycles. The van der Waals surface area contributed by atoms with Gasteiger partial charge in [-0.15, -0.1) is 0 Å². The lowest BCUT2D eigenvalue weighted by atomic mass is 9.43. The molecule has 4 fully saturated rings. The van der Waals surface area contributed by atoms with Gasteiger partial charge in [-0.1, -0.05) is 34.6 Å². The minimum atomic E-state index is -4.44. The van der Waals surface area contributed by atoms with Crippen molar-refractivity contribution in [1.29, 1.82) is 0 Å². The quantitative estimate of drug-likeness (QED) is 0.373. The summed E-state index contributed by atoms with van der Waals surface area (Å²) in [7, 11) is -2.36. The largest absolute Gasteiger partial charge is 0.397 e. The van der Waals surface area contributed by atoms with E-state index in [1.165, 1.54) is 44.9 Å². The highest BCUT2D eigenvalue weighted by atomic mass is 32.3. The van der Waals surface area contributed by atoms with E-state index in [1.54, 1.807) is 0 Å². The van der Waals surface area contributed by atoms with Crippen LogP contribution < -0.4 is 5.32 Å². The fourth-order valence-electron chi connectivity index (χ4n) is 9.74. The summed E-state index contributed by atoms with van der Waals surface area (Å²) in [5.41, 5.74) is 0.601. The summed E-state index contributed by atoms with van der Waals surface area (Å²) in [5, 5.41) is 15.0. The Morgan fingerprint density at radius 1 is 0.971 bits per heavy atom. The van der Waals surface area contributed by atoms with Gasteiger partial charge < -0.3 is 10.4 Å². The van der Waals surface area contributed by atoms with E-state index in [-0.39, 0.29) is 17.4 Å². The lowest BCUT2D eigenvalue weighted by molar-refractivity contribution is -0.166. The molecule has 0 radical (unpaired) electrons. The van der Waals surface area contributed by atoms with Gasteiger partial charge in [-0.2, -0.15) is 8.42 Å². The first kappa shape index (κ1) is 27.8. The highest BCUT2D eigenvalue weighted by Crippen LogP contribution is 2.68. The minimum absolute atomic E-state index is 0.0237. The van der Waals surface area contributed by atoms with E-state index in [2.05, 4.69) is 33.1 Å². The van der Waals surface area contributed by atoms with Gasteiger partial charge in [0, 0.05) is 6.04 Å². The van der Waals surface area contributed by atoms with E-state index >= 15 is 0 Å². The van der Waals surface area contributed by atoms with Gasteiger partial charge in [-0.25, -0.2) is 4.18 Å². The zero-order valence-electron chi connectivity index (χ0n) is 22.9. The average Bonchev–Trinajstić information content (AvgIpc) is 3.13. The molecule has 0 aromatic carbocycles. The predicted octanol–water partition coefficient (Wildman–Crippen LogP) is 5.46. The van der Waals surface area contributed by atoms with Crippen LogP contribution in [0.1, 0.15) is 98.8 Å². The van der Waals surface area contributed by atoms with Crippen LogP contribution in [0.5, 0.6) is 0 Å². The van der Waals surface area contributed by atoms with Crippen LogP contribution in [0, 0.1) is 52.3 Å². The number of aliphatic hydroxyl groups is 1. The molecule has 0 aromatic rings. The van der Waals surface area contributed by atoms with Crippen molar-refractivity contribution in [3.8, 4) is 0 Å². The van der Waals surface area contributed by atoms with Gasteiger partial charge in [0.25, 0.3) is 0 Å². The summed E-state index contributed by atoms with van der Waals surface area (Å²) < 4.78 is 36.8. The van der Waals surface area contributed by atoms with Gasteiger partial charge in [0.2, 0.25) is 0 Å². The molecule has 35 heavy (non-hydrogen) atoms. The molecule has 4 saturated carbocycles. The monoisotopic (exact) mass is 513 g/mol. The van der Waals surface area contributed by atoms with Crippen LogP contribution in [0.15, 0.2) is 0 Å². The molecule has 0 saturated heterocycles. The number of hydrogen-bond acceptors (Lipinski definition) is 5. The summed E-state index contributed by atoms with van der Waals surface area (Å²) in [6, 6.07) is 0.599. The van der Waals surface area contributed by atoms with Crippen molar-refractivity contribution in [2.24, 2.45) is 52.3 Å². The summed E-state index contributed by atoms with van der Waals surface area (Å²) in [6.45, 7) is 11.2. The topological polar surface area (TPSA) is 95.9 Å². The van der Waals surface area contributed by atoms with Crippen LogP contribution in [0.2, 0.25) is 0 Å². The third-order valence-electron chi connectivity index (χ3n) is 11.7. The molecule has 3 unspecified atom stereocenters. The molecule has 204 valence electrons. The standard InChI is InChI=1S/C28H51NO5S/c1-17(2)25(34-35(31,32)33)10-7-18(3)21-8-9-22-26-23(12-14-28(21,22)5)27(4)13-11-20(29-6)15-19(27)16-24(26)30/h17-26,29-30H,7-16H2,1-6H3,(H,31,32,33)/t18-,19-,20+,21-,22?,23?,24-,25+,26?,27+,28-/m1/s1. The van der Waals surface area contributed by atoms with Crippen molar-refractivity contribution in [2.45, 2.75) is 117 Å². The van der Waals surface area contributed by atoms with Crippen LogP contribution in [-0.2, 0) is 14.6 Å². The summed E-state index contributed by atoms with van der Waals surface area (Å²) in [6.07, 6.45) is 10.5. The fraction of sp³-hybridized carbons (Fsp3) is 1.00. The lowest BCUT2D eigenvalue weighted by Gasteiger charge is -2.62. The SMILES string of the molecule is CN[C@H]1CC[C@]2(C)C3CC[C@@]4(C)C(CC[C@@H]4[C@H](C)CC[C@H](OS(=O)(=O)O)C(C)C)C3[C@H](O)C[C@H]2C1. The van der Waals surface area contributed by atoms with E-state index in [0.717, 1.165) is 12.8 Å². The van der Waals surface area contributed by atoms with E-state index in [1.807, 2.05) is 13.8 Å². The van der Waals surface area contributed by atoms with Gasteiger partial charge in [0.1, 0.15) is 0 Å². The molecule has 6 nitrogen and oxygen atoms in total. The number of fused-ring (bicyclic) bond motifs is 5. The second-order valence-electron chi connectivity index (χ2n) is 13.6. The molecule has 4 rings (SSSR count). The Morgan fingerprint density at radius 2 is 1.63 bits per heavy atom. The van der Waals surface area contributed by atoms with Gasteiger partial charge in [-0.3, -0.25) is 4.55 Å². The average molecular weight is 514 g/mol. The number of aliphatic hydroxyl groups excluding tert-OH is 1. The van der Waals surface area contributed by atoms with Crippen LogP contribution in [0.4, 0.5) is 0 Å². The first-order chi connectivity index (χ1) is 16.3. The molecular weight excluding hydrogens is 462 g/mol. The second-order valence-corrected chi connectivity index (χ2v) is 14.7. The Kier molecular flexibility index (Phi) is 8.08. The normalized spacial score (nSPS) is 45.5. The molecule has 0 aliphatic heterocycles. The molecule has 4 aliphatic rings. The maximum atomic E-state index is 11.5. The Bertz CT molecular complexity index is 848. The molecule has 0 spiro atoms. The van der Waals surface area contributed by atoms with Gasteiger partial charge in [0.05, 0.1) is 12.2 Å². The molecule has 0 aromatic heterocycles. The molecule has 0 amide bonds. The minimum Gasteiger partial charge on any atom is -0.393 e. The molecule has 0 heterocycles. The van der Waals surface area contributed by atoms with Crippen molar-refractivity contribution in [3.05, 3.63) is 0 Å². The predicted molar refractivity (Wildman–Crippen MR) is 139 cm³/mol. The Labute approximate surface area is 214 Å². The van der Waals surface area contributed by atoms with E-state index < -0.39 is 16.5 Å². The third-order valence-corrected chi connectivity index (χ3v) is 12.2. The van der Waals surface area contributed by atoms with Gasteiger partial charge in [-0.05, 0) is 124 Å². The van der Waals surface area contributed by atoms with E-state index in [4.69, 9.17) is 4.18 Å². The first-order valence-corrected chi connectivity index (χ1v) is 15.7. The maximum Gasteiger partial charge on any atom is 0.397 e. The van der Waals surface area contributed by atoms with Gasteiger partial charge in [0.15, 0.2) is 0 Å². The molecule has 11 atom stereocenters. The van der Waals surface area contributed by atoms with Crippen LogP contribution in [0.25, 0.3) is 0 Å². The molecule has 3 N–H and O–H groups in total. The highest BCUT2D eigenvalue weighted by Gasteiger charge is 2.62. The third kappa shape index (κ3) is 5.23. The summed E-state index contributed by atoms with van der Waals surface area (Å²) in [4.78, 5) is 0. The van der Waals surface area contributed by atoms with Crippen molar-refractivity contribution < 1.29 is 22.3 Å². The van der Waals surface area contributed by atoms with E-state index in [0.29, 0.717) is 53.4 Å². The molecule has 0 bridgehead atoms. The summed E-state index contributed by atoms with van der Waals surface area (Å²) >= 11 is 0. The van der Waals surface area contributed by atoms with Gasteiger partial charge >= 0.3 is 10.4 Å². The summed E-state index contributed by atoms with van der Waals surface area (Å²) in [5.74, 6) is 3.34. The van der Waals surface area contributed by atoms with E-state index in [9.17, 15) is 18.1 Å². The Morgan fingerprint density at radius 3 is 2.26 bits per heavy atom. The lowest BCUT2D eigenvalue weighted by Crippen LogP contribution is -2.59. The molecule has 7 heteroatoms. The maximum absolute atomic E-state index is 11.5. The van der Waals surface area contributed by atoms with Crippen molar-refractivity contribution in [1.82, 2.24) is 5.32 Å². The molecular formula is C28H51NO5S.